The van der Waals surface area contributed by atoms with Crippen LogP contribution in [0.2, 0.25) is 0 Å². The molecule has 18 heavy (non-hydrogen) atoms. The monoisotopic (exact) mass is 248 g/mol. The van der Waals surface area contributed by atoms with E-state index in [1.54, 1.807) is 6.20 Å². The highest BCUT2D eigenvalue weighted by atomic mass is 16.5. The Bertz CT molecular complexity index is 470. The third-order valence-corrected chi connectivity index (χ3v) is 3.45. The molecule has 5 heteroatoms. The van der Waals surface area contributed by atoms with E-state index in [1.165, 1.54) is 0 Å². The molecule has 0 bridgehead atoms. The molecule has 2 aromatic rings. The first-order chi connectivity index (χ1) is 8.59. The van der Waals surface area contributed by atoms with Crippen LogP contribution < -0.4 is 5.32 Å². The SMILES string of the molecule is Cc1noc(C)c1CN[C@H](C)[C@@H](C)n1cccn1. The molecule has 0 aliphatic rings. The van der Waals surface area contributed by atoms with Crippen LogP contribution in [0, 0.1) is 13.8 Å². The van der Waals surface area contributed by atoms with Crippen molar-refractivity contribution < 1.29 is 4.52 Å². The third-order valence-electron chi connectivity index (χ3n) is 3.45. The molecule has 0 fully saturated rings. The molecule has 98 valence electrons. The van der Waals surface area contributed by atoms with E-state index in [9.17, 15) is 0 Å². The quantitative estimate of drug-likeness (QED) is 0.881. The summed E-state index contributed by atoms with van der Waals surface area (Å²) >= 11 is 0. The van der Waals surface area contributed by atoms with Gasteiger partial charge in [-0.15, -0.1) is 0 Å². The van der Waals surface area contributed by atoms with Crippen molar-refractivity contribution >= 4 is 0 Å². The lowest BCUT2D eigenvalue weighted by molar-refractivity contribution is 0.362. The zero-order chi connectivity index (χ0) is 13.1. The molecule has 2 heterocycles. The van der Waals surface area contributed by atoms with Crippen molar-refractivity contribution in [3.05, 3.63) is 35.5 Å². The Labute approximate surface area is 107 Å². The lowest BCUT2D eigenvalue weighted by atomic mass is 10.1. The molecule has 0 radical (unpaired) electrons. The molecule has 0 aliphatic carbocycles. The van der Waals surface area contributed by atoms with Crippen molar-refractivity contribution in [2.24, 2.45) is 0 Å². The summed E-state index contributed by atoms with van der Waals surface area (Å²) in [5.74, 6) is 0.888. The van der Waals surface area contributed by atoms with Gasteiger partial charge in [-0.2, -0.15) is 5.10 Å². The molecule has 0 amide bonds. The summed E-state index contributed by atoms with van der Waals surface area (Å²) in [5, 5.41) is 11.7. The van der Waals surface area contributed by atoms with Gasteiger partial charge in [-0.1, -0.05) is 5.16 Å². The number of rotatable bonds is 5. The van der Waals surface area contributed by atoms with Crippen molar-refractivity contribution in [2.75, 3.05) is 0 Å². The highest BCUT2D eigenvalue weighted by molar-refractivity contribution is 5.20. The van der Waals surface area contributed by atoms with Crippen LogP contribution in [-0.2, 0) is 6.54 Å². The number of aromatic nitrogens is 3. The Morgan fingerprint density at radius 1 is 1.39 bits per heavy atom. The fourth-order valence-electron chi connectivity index (χ4n) is 1.94. The Kier molecular flexibility index (Phi) is 3.81. The summed E-state index contributed by atoms with van der Waals surface area (Å²) in [7, 11) is 0. The van der Waals surface area contributed by atoms with Gasteiger partial charge in [0.1, 0.15) is 5.76 Å². The summed E-state index contributed by atoms with van der Waals surface area (Å²) in [4.78, 5) is 0. The van der Waals surface area contributed by atoms with Gasteiger partial charge in [0.25, 0.3) is 0 Å². The molecule has 0 unspecified atom stereocenters. The lowest BCUT2D eigenvalue weighted by Crippen LogP contribution is -2.33. The first-order valence-corrected chi connectivity index (χ1v) is 6.24. The number of aryl methyl sites for hydroxylation is 2. The highest BCUT2D eigenvalue weighted by Gasteiger charge is 2.15. The van der Waals surface area contributed by atoms with Crippen LogP contribution in [0.1, 0.15) is 36.9 Å². The predicted molar refractivity (Wildman–Crippen MR) is 69.2 cm³/mol. The lowest BCUT2D eigenvalue weighted by Gasteiger charge is -2.21. The van der Waals surface area contributed by atoms with E-state index in [2.05, 4.69) is 29.4 Å². The smallest absolute Gasteiger partial charge is 0.138 e. The zero-order valence-electron chi connectivity index (χ0n) is 11.3. The van der Waals surface area contributed by atoms with Crippen molar-refractivity contribution in [1.29, 1.82) is 0 Å². The summed E-state index contributed by atoms with van der Waals surface area (Å²) in [6.45, 7) is 8.99. The van der Waals surface area contributed by atoms with Gasteiger partial charge in [-0.25, -0.2) is 0 Å². The molecular weight excluding hydrogens is 228 g/mol. The van der Waals surface area contributed by atoms with Crippen LogP contribution >= 0.6 is 0 Å². The van der Waals surface area contributed by atoms with Crippen LogP contribution in [0.25, 0.3) is 0 Å². The first-order valence-electron chi connectivity index (χ1n) is 6.24. The molecule has 2 aromatic heterocycles. The van der Waals surface area contributed by atoms with E-state index in [1.807, 2.05) is 30.8 Å². The van der Waals surface area contributed by atoms with E-state index in [-0.39, 0.29) is 0 Å². The van der Waals surface area contributed by atoms with E-state index in [0.29, 0.717) is 12.1 Å². The number of nitrogens with zero attached hydrogens (tertiary/aromatic N) is 3. The normalized spacial score (nSPS) is 14.7. The van der Waals surface area contributed by atoms with Crippen LogP contribution in [0.4, 0.5) is 0 Å². The van der Waals surface area contributed by atoms with Crippen molar-refractivity contribution in [2.45, 2.75) is 46.3 Å². The molecule has 0 aromatic carbocycles. The molecule has 2 atom stereocenters. The molecule has 2 rings (SSSR count). The maximum absolute atomic E-state index is 5.15. The Morgan fingerprint density at radius 3 is 2.72 bits per heavy atom. The Hall–Kier alpha value is -1.62. The van der Waals surface area contributed by atoms with Crippen molar-refractivity contribution in [3.63, 3.8) is 0 Å². The number of nitrogens with one attached hydrogen (secondary N) is 1. The van der Waals surface area contributed by atoms with E-state index < -0.39 is 0 Å². The minimum absolute atomic E-state index is 0.306. The average molecular weight is 248 g/mol. The van der Waals surface area contributed by atoms with Gasteiger partial charge in [-0.05, 0) is 33.8 Å². The fraction of sp³-hybridized carbons (Fsp3) is 0.538. The van der Waals surface area contributed by atoms with Gasteiger partial charge in [0, 0.05) is 30.5 Å². The highest BCUT2D eigenvalue weighted by Crippen LogP contribution is 2.14. The average Bonchev–Trinajstić information content (AvgIpc) is 2.97. The van der Waals surface area contributed by atoms with E-state index >= 15 is 0 Å². The van der Waals surface area contributed by atoms with E-state index in [0.717, 1.165) is 23.6 Å². The summed E-state index contributed by atoms with van der Waals surface area (Å²) in [6, 6.07) is 2.57. The minimum Gasteiger partial charge on any atom is -0.361 e. The second-order valence-electron chi connectivity index (χ2n) is 4.70. The predicted octanol–water partition coefficient (Wildman–Crippen LogP) is 2.23. The zero-order valence-corrected chi connectivity index (χ0v) is 11.3. The fourth-order valence-corrected chi connectivity index (χ4v) is 1.94. The van der Waals surface area contributed by atoms with Gasteiger partial charge in [0.2, 0.25) is 0 Å². The van der Waals surface area contributed by atoms with Gasteiger partial charge in [-0.3, -0.25) is 4.68 Å². The maximum Gasteiger partial charge on any atom is 0.138 e. The van der Waals surface area contributed by atoms with Crippen molar-refractivity contribution in [3.8, 4) is 0 Å². The molecule has 1 N–H and O–H groups in total. The molecule has 0 saturated carbocycles. The molecule has 0 spiro atoms. The van der Waals surface area contributed by atoms with Gasteiger partial charge >= 0.3 is 0 Å². The molecule has 0 aliphatic heterocycles. The third kappa shape index (κ3) is 2.61. The molecular formula is C13H20N4O. The summed E-state index contributed by atoms with van der Waals surface area (Å²) < 4.78 is 7.12. The summed E-state index contributed by atoms with van der Waals surface area (Å²) in [5.41, 5.74) is 2.11. The first kappa shape index (κ1) is 12.8. The van der Waals surface area contributed by atoms with Gasteiger partial charge in [0.15, 0.2) is 0 Å². The molecule has 5 nitrogen and oxygen atoms in total. The van der Waals surface area contributed by atoms with E-state index in [4.69, 9.17) is 4.52 Å². The number of hydrogen-bond acceptors (Lipinski definition) is 4. The van der Waals surface area contributed by atoms with Crippen LogP contribution in [0.3, 0.4) is 0 Å². The van der Waals surface area contributed by atoms with Gasteiger partial charge < -0.3 is 9.84 Å². The van der Waals surface area contributed by atoms with Crippen molar-refractivity contribution in [1.82, 2.24) is 20.3 Å². The topological polar surface area (TPSA) is 55.9 Å². The Morgan fingerprint density at radius 2 is 2.17 bits per heavy atom. The van der Waals surface area contributed by atoms with Crippen LogP contribution in [-0.4, -0.2) is 21.0 Å². The molecule has 0 saturated heterocycles. The summed E-state index contributed by atoms with van der Waals surface area (Å²) in [6.07, 6.45) is 3.79. The second kappa shape index (κ2) is 5.35. The maximum atomic E-state index is 5.15. The van der Waals surface area contributed by atoms with Crippen LogP contribution in [0.5, 0.6) is 0 Å². The largest absolute Gasteiger partial charge is 0.361 e. The van der Waals surface area contributed by atoms with Gasteiger partial charge in [0.05, 0.1) is 11.7 Å². The second-order valence-corrected chi connectivity index (χ2v) is 4.70. The standard InChI is InChI=1S/C13H20N4O/c1-9(11(3)17-7-5-6-15-17)14-8-13-10(2)16-18-12(13)4/h5-7,9,11,14H,8H2,1-4H3/t9-,11-/m1/s1. The Balaban J connectivity index is 1.94. The minimum atomic E-state index is 0.306. The van der Waals surface area contributed by atoms with Crippen LogP contribution in [0.15, 0.2) is 23.0 Å². The number of hydrogen-bond donors (Lipinski definition) is 1.